The van der Waals surface area contributed by atoms with E-state index in [0.717, 1.165) is 12.1 Å². The molecule has 0 saturated heterocycles. The number of nitro groups is 1. The molecule has 0 heterocycles. The number of nitrogens with zero attached hydrogens (tertiary/aromatic N) is 1. The molecule has 2 aromatic carbocycles. The minimum Gasteiger partial charge on any atom is -0.494 e. The summed E-state index contributed by atoms with van der Waals surface area (Å²) in [4.78, 5) is 10.1. The summed E-state index contributed by atoms with van der Waals surface area (Å²) in [6.45, 7) is 0. The quantitative estimate of drug-likeness (QED) is 0.277. The molecule has 2 rings (SSSR count). The molecule has 0 unspecified atom stereocenters. The van der Waals surface area contributed by atoms with Crippen molar-refractivity contribution in [1.29, 1.82) is 0 Å². The van der Waals surface area contributed by atoms with Gasteiger partial charge in [0.2, 0.25) is 0 Å². The van der Waals surface area contributed by atoms with E-state index in [0.29, 0.717) is 0 Å². The smallest absolute Gasteiger partial charge is 0.273 e. The lowest BCUT2D eigenvalue weighted by atomic mass is 10.2. The van der Waals surface area contributed by atoms with Gasteiger partial charge in [0, 0.05) is 12.1 Å². The van der Waals surface area contributed by atoms with E-state index in [1.807, 2.05) is 5.32 Å². The van der Waals surface area contributed by atoms with Crippen LogP contribution in [0.25, 0.3) is 0 Å². The van der Waals surface area contributed by atoms with Crippen LogP contribution in [0.1, 0.15) is 0 Å². The molecule has 132 valence electrons. The highest BCUT2D eigenvalue weighted by Crippen LogP contribution is 2.30. The standard InChI is InChI=1S/C14H9F4N3O3S/c1-24-10-4-6(21(22)23)2-3-9(10)19-14(25)20-13-11(17)7(15)5-8(16)12(13)18/h2-5H,1H3,(H2,19,20,25). The second-order valence-electron chi connectivity index (χ2n) is 4.56. The van der Waals surface area contributed by atoms with Crippen molar-refractivity contribution < 1.29 is 27.2 Å². The summed E-state index contributed by atoms with van der Waals surface area (Å²) < 4.78 is 58.5. The Hall–Kier alpha value is -2.95. The van der Waals surface area contributed by atoms with Crippen molar-refractivity contribution in [3.63, 3.8) is 0 Å². The number of rotatable bonds is 4. The van der Waals surface area contributed by atoms with Crippen molar-refractivity contribution in [2.75, 3.05) is 17.7 Å². The third-order valence-electron chi connectivity index (χ3n) is 2.99. The molecule has 0 amide bonds. The number of methoxy groups -OCH3 is 1. The number of thiocarbonyl (C=S) groups is 1. The van der Waals surface area contributed by atoms with Crippen molar-refractivity contribution in [2.45, 2.75) is 0 Å². The summed E-state index contributed by atoms with van der Waals surface area (Å²) in [7, 11) is 1.24. The number of ether oxygens (including phenoxy) is 1. The zero-order valence-corrected chi connectivity index (χ0v) is 13.2. The molecule has 2 aromatic rings. The van der Waals surface area contributed by atoms with Crippen LogP contribution in [0.4, 0.5) is 34.6 Å². The fourth-order valence-corrected chi connectivity index (χ4v) is 2.06. The number of anilines is 2. The van der Waals surface area contributed by atoms with Crippen LogP contribution in [-0.2, 0) is 0 Å². The zero-order valence-electron chi connectivity index (χ0n) is 12.4. The van der Waals surface area contributed by atoms with Crippen LogP contribution in [0.3, 0.4) is 0 Å². The number of hydrogen-bond acceptors (Lipinski definition) is 4. The van der Waals surface area contributed by atoms with Crippen molar-refractivity contribution in [3.8, 4) is 5.75 Å². The molecular formula is C14H9F4N3O3S. The zero-order chi connectivity index (χ0) is 18.7. The molecule has 0 atom stereocenters. The van der Waals surface area contributed by atoms with E-state index in [4.69, 9.17) is 17.0 Å². The van der Waals surface area contributed by atoms with E-state index in [-0.39, 0.29) is 23.2 Å². The number of halogens is 4. The maximum absolute atomic E-state index is 13.6. The van der Waals surface area contributed by atoms with E-state index in [9.17, 15) is 27.7 Å². The molecule has 0 fully saturated rings. The lowest BCUT2D eigenvalue weighted by molar-refractivity contribution is -0.384. The Morgan fingerprint density at radius 2 is 1.72 bits per heavy atom. The van der Waals surface area contributed by atoms with Crippen LogP contribution in [0.5, 0.6) is 5.75 Å². The molecule has 0 aliphatic heterocycles. The molecule has 2 N–H and O–H groups in total. The van der Waals surface area contributed by atoms with Crippen LogP contribution >= 0.6 is 12.2 Å². The van der Waals surface area contributed by atoms with Gasteiger partial charge >= 0.3 is 0 Å². The number of nitrogens with one attached hydrogen (secondary N) is 2. The summed E-state index contributed by atoms with van der Waals surface area (Å²) >= 11 is 4.83. The summed E-state index contributed by atoms with van der Waals surface area (Å²) in [6, 6.07) is 3.53. The summed E-state index contributed by atoms with van der Waals surface area (Å²) in [6.07, 6.45) is 0. The first-order valence-corrected chi connectivity index (χ1v) is 6.88. The average Bonchev–Trinajstić information content (AvgIpc) is 2.57. The summed E-state index contributed by atoms with van der Waals surface area (Å²) in [5, 5.41) is 14.8. The van der Waals surface area contributed by atoms with Gasteiger partial charge < -0.3 is 15.4 Å². The topological polar surface area (TPSA) is 76.4 Å². The largest absolute Gasteiger partial charge is 0.494 e. The van der Waals surface area contributed by atoms with Gasteiger partial charge in [0.1, 0.15) is 11.4 Å². The highest BCUT2D eigenvalue weighted by molar-refractivity contribution is 7.80. The highest BCUT2D eigenvalue weighted by Gasteiger charge is 2.20. The molecular weight excluding hydrogens is 366 g/mol. The predicted molar refractivity (Wildman–Crippen MR) is 85.8 cm³/mol. The van der Waals surface area contributed by atoms with E-state index >= 15 is 0 Å². The number of non-ortho nitro benzene ring substituents is 1. The Kier molecular flexibility index (Phi) is 5.37. The Labute approximate surface area is 143 Å². The van der Waals surface area contributed by atoms with Crippen LogP contribution < -0.4 is 15.4 Å². The van der Waals surface area contributed by atoms with Crippen LogP contribution in [0.2, 0.25) is 0 Å². The molecule has 0 aliphatic carbocycles. The predicted octanol–water partition coefficient (Wildman–Crippen LogP) is 3.97. The van der Waals surface area contributed by atoms with Gasteiger partial charge in [-0.25, -0.2) is 17.6 Å². The minimum atomic E-state index is -1.65. The molecule has 0 radical (unpaired) electrons. The van der Waals surface area contributed by atoms with Gasteiger partial charge in [-0.15, -0.1) is 0 Å². The first kappa shape index (κ1) is 18.4. The molecule has 0 saturated carbocycles. The second kappa shape index (κ2) is 7.30. The van der Waals surface area contributed by atoms with Gasteiger partial charge in [0.05, 0.1) is 23.8 Å². The molecule has 0 spiro atoms. The Balaban J connectivity index is 2.26. The molecule has 6 nitrogen and oxygen atoms in total. The normalized spacial score (nSPS) is 10.3. The van der Waals surface area contributed by atoms with Crippen molar-refractivity contribution in [3.05, 3.63) is 57.6 Å². The van der Waals surface area contributed by atoms with Gasteiger partial charge in [0.25, 0.3) is 5.69 Å². The van der Waals surface area contributed by atoms with Crippen LogP contribution in [-0.4, -0.2) is 17.1 Å². The van der Waals surface area contributed by atoms with Crippen molar-refractivity contribution in [1.82, 2.24) is 0 Å². The maximum atomic E-state index is 13.6. The van der Waals surface area contributed by atoms with Gasteiger partial charge in [-0.05, 0) is 18.3 Å². The maximum Gasteiger partial charge on any atom is 0.273 e. The highest BCUT2D eigenvalue weighted by atomic mass is 32.1. The van der Waals surface area contributed by atoms with Crippen LogP contribution in [0.15, 0.2) is 24.3 Å². The number of hydrogen-bond donors (Lipinski definition) is 2. The lowest BCUT2D eigenvalue weighted by Crippen LogP contribution is -2.21. The fourth-order valence-electron chi connectivity index (χ4n) is 1.85. The molecule has 0 bridgehead atoms. The van der Waals surface area contributed by atoms with Crippen LogP contribution in [0, 0.1) is 33.4 Å². The van der Waals surface area contributed by atoms with Gasteiger partial charge in [-0.1, -0.05) is 0 Å². The van der Waals surface area contributed by atoms with E-state index in [1.165, 1.54) is 13.2 Å². The summed E-state index contributed by atoms with van der Waals surface area (Å²) in [5.41, 5.74) is -1.25. The average molecular weight is 375 g/mol. The second-order valence-corrected chi connectivity index (χ2v) is 4.97. The Morgan fingerprint density at radius 1 is 1.12 bits per heavy atom. The SMILES string of the molecule is COc1cc([N+](=O)[O-])ccc1NC(=S)Nc1c(F)c(F)cc(F)c1F. The first-order chi connectivity index (χ1) is 11.7. The van der Waals surface area contributed by atoms with E-state index in [2.05, 4.69) is 5.32 Å². The van der Waals surface area contributed by atoms with Gasteiger partial charge in [0.15, 0.2) is 28.4 Å². The molecule has 25 heavy (non-hydrogen) atoms. The first-order valence-electron chi connectivity index (χ1n) is 6.48. The van der Waals surface area contributed by atoms with E-state index in [1.54, 1.807) is 0 Å². The molecule has 0 aromatic heterocycles. The third-order valence-corrected chi connectivity index (χ3v) is 3.20. The van der Waals surface area contributed by atoms with Crippen molar-refractivity contribution in [2.24, 2.45) is 0 Å². The molecule has 11 heteroatoms. The van der Waals surface area contributed by atoms with Gasteiger partial charge in [-0.3, -0.25) is 10.1 Å². The number of nitro benzene ring substituents is 1. The molecule has 0 aliphatic rings. The lowest BCUT2D eigenvalue weighted by Gasteiger charge is -2.14. The number of benzene rings is 2. The monoisotopic (exact) mass is 375 g/mol. The minimum absolute atomic E-state index is 0.0183. The third kappa shape index (κ3) is 3.94. The Bertz CT molecular complexity index is 837. The van der Waals surface area contributed by atoms with Crippen molar-refractivity contribution >= 4 is 34.4 Å². The van der Waals surface area contributed by atoms with Gasteiger partial charge in [-0.2, -0.15) is 0 Å². The fraction of sp³-hybridized carbons (Fsp3) is 0.0714. The van der Waals surface area contributed by atoms with E-state index < -0.39 is 39.0 Å². The Morgan fingerprint density at radius 3 is 2.24 bits per heavy atom. The summed E-state index contributed by atoms with van der Waals surface area (Å²) in [5.74, 6) is -6.49.